The molecule has 2 atom stereocenters. The topological polar surface area (TPSA) is 95.6 Å². The summed E-state index contributed by atoms with van der Waals surface area (Å²) in [5, 5.41) is 20.7. The highest BCUT2D eigenvalue weighted by Crippen LogP contribution is 2.39. The predicted octanol–water partition coefficient (Wildman–Crippen LogP) is 5.35. The Morgan fingerprint density at radius 2 is 1.35 bits per heavy atom. The minimum absolute atomic E-state index is 0.0628. The number of phenolic OH excluding ortho intramolecular Hbond substituents is 2. The number of hydrogen-bond donors (Lipinski definition) is 4. The normalized spacial score (nSPS) is 14.2. The molecule has 0 aliphatic heterocycles. The van der Waals surface area contributed by atoms with Crippen LogP contribution in [0.1, 0.15) is 95.4 Å². The number of hydrogen-bond acceptors (Lipinski definition) is 4. The van der Waals surface area contributed by atoms with E-state index in [4.69, 9.17) is 5.84 Å². The monoisotopic (exact) mass is 426 g/mol. The Kier molecular flexibility index (Phi) is 7.43. The first-order valence-electron chi connectivity index (χ1n) is 10.9. The van der Waals surface area contributed by atoms with E-state index >= 15 is 0 Å². The van der Waals surface area contributed by atoms with Gasteiger partial charge in [-0.2, -0.15) is 0 Å². The van der Waals surface area contributed by atoms with E-state index in [1.807, 2.05) is 18.2 Å². The van der Waals surface area contributed by atoms with Gasteiger partial charge in [-0.25, -0.2) is 5.84 Å². The number of nitrogens with two attached hydrogens (primary N) is 1. The number of hydrazine groups is 1. The number of rotatable bonds is 6. The molecular formula is C26H38N2O3. The molecule has 0 fully saturated rings. The van der Waals surface area contributed by atoms with Gasteiger partial charge in [-0.05, 0) is 63.5 Å². The third kappa shape index (κ3) is 6.23. The van der Waals surface area contributed by atoms with E-state index in [2.05, 4.69) is 60.0 Å². The summed E-state index contributed by atoms with van der Waals surface area (Å²) in [5.41, 5.74) is 5.76. The van der Waals surface area contributed by atoms with Crippen molar-refractivity contribution in [2.45, 2.75) is 84.0 Å². The Balaban J connectivity index is 2.41. The first kappa shape index (κ1) is 24.7. The van der Waals surface area contributed by atoms with Gasteiger partial charge in [0.1, 0.15) is 11.5 Å². The van der Waals surface area contributed by atoms with Crippen molar-refractivity contribution in [3.63, 3.8) is 0 Å². The second-order valence-electron chi connectivity index (χ2n) is 10.7. The summed E-state index contributed by atoms with van der Waals surface area (Å²) in [6, 6.07) is 11.4. The molecule has 5 N–H and O–H groups in total. The molecule has 5 nitrogen and oxygen atoms in total. The van der Waals surface area contributed by atoms with Crippen molar-refractivity contribution in [3.8, 4) is 11.5 Å². The SMILES string of the molecule is CC(CC(CC(=O)NN)c1ccc(O)c(C(C)(C)C)c1)c1ccc(O)c(C(C)(C)C)c1. The lowest BCUT2D eigenvalue weighted by Crippen LogP contribution is -2.31. The second-order valence-corrected chi connectivity index (χ2v) is 10.7. The maximum absolute atomic E-state index is 12.2. The summed E-state index contributed by atoms with van der Waals surface area (Å²) in [7, 11) is 0. The molecule has 0 aromatic heterocycles. The van der Waals surface area contributed by atoms with Crippen LogP contribution in [0.15, 0.2) is 36.4 Å². The summed E-state index contributed by atoms with van der Waals surface area (Å²) in [6.45, 7) is 14.5. The van der Waals surface area contributed by atoms with Gasteiger partial charge in [-0.3, -0.25) is 10.2 Å². The first-order chi connectivity index (χ1) is 14.2. The van der Waals surface area contributed by atoms with Crippen LogP contribution in [-0.4, -0.2) is 16.1 Å². The summed E-state index contributed by atoms with van der Waals surface area (Å²) >= 11 is 0. The van der Waals surface area contributed by atoms with Crippen LogP contribution in [-0.2, 0) is 15.6 Å². The van der Waals surface area contributed by atoms with Crippen molar-refractivity contribution in [3.05, 3.63) is 58.7 Å². The van der Waals surface area contributed by atoms with Gasteiger partial charge in [-0.1, -0.05) is 72.7 Å². The van der Waals surface area contributed by atoms with E-state index in [0.717, 1.165) is 28.7 Å². The highest BCUT2D eigenvalue weighted by Gasteiger charge is 2.25. The van der Waals surface area contributed by atoms with Crippen LogP contribution in [0.2, 0.25) is 0 Å². The molecule has 170 valence electrons. The highest BCUT2D eigenvalue weighted by molar-refractivity contribution is 5.76. The molecule has 2 unspecified atom stereocenters. The van der Waals surface area contributed by atoms with Gasteiger partial charge >= 0.3 is 0 Å². The molecule has 0 saturated carbocycles. The Morgan fingerprint density at radius 3 is 1.81 bits per heavy atom. The average molecular weight is 427 g/mol. The number of phenols is 2. The summed E-state index contributed by atoms with van der Waals surface area (Å²) in [5.74, 6) is 5.82. The van der Waals surface area contributed by atoms with E-state index in [0.29, 0.717) is 5.75 Å². The number of nitrogens with one attached hydrogen (secondary N) is 1. The minimum Gasteiger partial charge on any atom is -0.508 e. The molecule has 5 heteroatoms. The lowest BCUT2D eigenvalue weighted by atomic mass is 9.79. The molecule has 0 aliphatic rings. The minimum atomic E-state index is -0.219. The molecule has 2 aromatic rings. The fourth-order valence-corrected chi connectivity index (χ4v) is 4.05. The molecule has 0 bridgehead atoms. The zero-order chi connectivity index (χ0) is 23.6. The standard InChI is InChI=1S/C26H38N2O3/c1-16(17-8-10-22(29)20(13-17)25(2,3)4)12-19(15-24(31)28-27)18-9-11-23(30)21(14-18)26(5,6)7/h8-11,13-14,16,19,29-30H,12,15,27H2,1-7H3,(H,28,31). The van der Waals surface area contributed by atoms with Crippen molar-refractivity contribution >= 4 is 5.91 Å². The van der Waals surface area contributed by atoms with Crippen LogP contribution < -0.4 is 11.3 Å². The number of aromatic hydroxyl groups is 2. The van der Waals surface area contributed by atoms with Crippen molar-refractivity contribution in [2.24, 2.45) is 5.84 Å². The zero-order valence-corrected chi connectivity index (χ0v) is 19.9. The van der Waals surface area contributed by atoms with Gasteiger partial charge in [0.2, 0.25) is 5.91 Å². The van der Waals surface area contributed by atoms with Gasteiger partial charge in [0, 0.05) is 6.42 Å². The Bertz CT molecular complexity index is 923. The van der Waals surface area contributed by atoms with Gasteiger partial charge in [0.15, 0.2) is 0 Å². The molecule has 31 heavy (non-hydrogen) atoms. The molecule has 2 rings (SSSR count). The molecular weight excluding hydrogens is 388 g/mol. The van der Waals surface area contributed by atoms with E-state index in [1.54, 1.807) is 12.1 Å². The maximum Gasteiger partial charge on any atom is 0.234 e. The Labute approximate surface area is 186 Å². The Hall–Kier alpha value is -2.53. The van der Waals surface area contributed by atoms with Crippen molar-refractivity contribution in [2.75, 3.05) is 0 Å². The first-order valence-corrected chi connectivity index (χ1v) is 10.9. The fraction of sp³-hybridized carbons (Fsp3) is 0.500. The van der Waals surface area contributed by atoms with Crippen LogP contribution in [0.3, 0.4) is 0 Å². The number of carbonyl (C=O) groups excluding carboxylic acids is 1. The molecule has 0 spiro atoms. The quantitative estimate of drug-likeness (QED) is 0.284. The molecule has 0 radical (unpaired) electrons. The van der Waals surface area contributed by atoms with Crippen molar-refractivity contribution in [1.82, 2.24) is 5.43 Å². The number of amides is 1. The molecule has 2 aromatic carbocycles. The van der Waals surface area contributed by atoms with Crippen LogP contribution in [0, 0.1) is 0 Å². The molecule has 1 amide bonds. The molecule has 0 saturated heterocycles. The lowest BCUT2D eigenvalue weighted by Gasteiger charge is -2.26. The summed E-state index contributed by atoms with van der Waals surface area (Å²) in [4.78, 5) is 12.2. The maximum atomic E-state index is 12.2. The number of benzene rings is 2. The zero-order valence-electron chi connectivity index (χ0n) is 19.9. The van der Waals surface area contributed by atoms with Crippen LogP contribution >= 0.6 is 0 Å². The van der Waals surface area contributed by atoms with Gasteiger partial charge in [-0.15, -0.1) is 0 Å². The smallest absolute Gasteiger partial charge is 0.234 e. The highest BCUT2D eigenvalue weighted by atomic mass is 16.3. The molecule has 0 heterocycles. The van der Waals surface area contributed by atoms with Gasteiger partial charge < -0.3 is 10.2 Å². The van der Waals surface area contributed by atoms with E-state index in [1.165, 1.54) is 0 Å². The number of carbonyl (C=O) groups is 1. The van der Waals surface area contributed by atoms with E-state index < -0.39 is 0 Å². The summed E-state index contributed by atoms with van der Waals surface area (Å²) in [6.07, 6.45) is 0.996. The van der Waals surface area contributed by atoms with Gasteiger partial charge in [0.25, 0.3) is 0 Å². The van der Waals surface area contributed by atoms with Crippen LogP contribution in [0.4, 0.5) is 0 Å². The van der Waals surface area contributed by atoms with Crippen molar-refractivity contribution < 1.29 is 15.0 Å². The summed E-state index contributed by atoms with van der Waals surface area (Å²) < 4.78 is 0. The van der Waals surface area contributed by atoms with Crippen LogP contribution in [0.25, 0.3) is 0 Å². The third-order valence-corrected chi connectivity index (χ3v) is 5.93. The Morgan fingerprint density at radius 1 is 0.903 bits per heavy atom. The van der Waals surface area contributed by atoms with E-state index in [9.17, 15) is 15.0 Å². The van der Waals surface area contributed by atoms with Crippen molar-refractivity contribution in [1.29, 1.82) is 0 Å². The van der Waals surface area contributed by atoms with Gasteiger partial charge in [0.05, 0.1) is 0 Å². The average Bonchev–Trinajstić information content (AvgIpc) is 2.66. The largest absolute Gasteiger partial charge is 0.508 e. The molecule has 0 aliphatic carbocycles. The van der Waals surface area contributed by atoms with Crippen LogP contribution in [0.5, 0.6) is 11.5 Å². The lowest BCUT2D eigenvalue weighted by molar-refractivity contribution is -0.121. The third-order valence-electron chi connectivity index (χ3n) is 5.93. The van der Waals surface area contributed by atoms with E-state index in [-0.39, 0.29) is 40.7 Å². The second kappa shape index (κ2) is 9.31. The predicted molar refractivity (Wildman–Crippen MR) is 126 cm³/mol. The fourth-order valence-electron chi connectivity index (χ4n) is 4.05.